The summed E-state index contributed by atoms with van der Waals surface area (Å²) in [6.07, 6.45) is 0. The SMILES string of the molecule is c1ccc2c(c1)ccc1c2c2ccccc2n1-c1nc(-c2cccc3c2sc2ccccc23)c2ccsc2n1. The Morgan fingerprint density at radius 3 is 2.31 bits per heavy atom. The number of nitrogens with zero attached hydrogens (tertiary/aromatic N) is 3. The van der Waals surface area contributed by atoms with Crippen LogP contribution in [-0.2, 0) is 0 Å². The summed E-state index contributed by atoms with van der Waals surface area (Å²) in [5, 5.41) is 10.7. The standard InChI is InChI=1S/C34H19N3S2/c1-2-9-21-20(8-1)16-17-28-30(21)24-11-3-5-14-27(24)37(28)34-35-31(26-18-19-38-33(26)36-34)25-13-7-12-23-22-10-4-6-15-29(22)39-32(23)25/h1-19H. The number of hydrogen-bond acceptors (Lipinski definition) is 4. The Bertz CT molecular complexity index is 2410. The van der Waals surface area contributed by atoms with Crippen LogP contribution in [0.3, 0.4) is 0 Å². The van der Waals surface area contributed by atoms with Crippen LogP contribution < -0.4 is 0 Å². The van der Waals surface area contributed by atoms with Crippen molar-refractivity contribution in [3.8, 4) is 17.2 Å². The molecular weight excluding hydrogens is 515 g/mol. The van der Waals surface area contributed by atoms with Gasteiger partial charge in [0.25, 0.3) is 0 Å². The second kappa shape index (κ2) is 7.96. The molecule has 9 aromatic rings. The molecule has 0 aliphatic rings. The van der Waals surface area contributed by atoms with E-state index < -0.39 is 0 Å². The number of benzene rings is 5. The lowest BCUT2D eigenvalue weighted by atomic mass is 10.0. The van der Waals surface area contributed by atoms with Crippen LogP contribution in [0.4, 0.5) is 0 Å². The largest absolute Gasteiger partial charge is 0.278 e. The van der Waals surface area contributed by atoms with Crippen molar-refractivity contribution in [2.24, 2.45) is 0 Å². The Kier molecular flexibility index (Phi) is 4.36. The maximum Gasteiger partial charge on any atom is 0.236 e. The van der Waals surface area contributed by atoms with Gasteiger partial charge in [-0.25, -0.2) is 9.97 Å². The molecular formula is C34H19N3S2. The molecule has 0 N–H and O–H groups in total. The average molecular weight is 534 g/mol. The van der Waals surface area contributed by atoms with Crippen LogP contribution >= 0.6 is 22.7 Å². The Morgan fingerprint density at radius 1 is 0.564 bits per heavy atom. The fourth-order valence-corrected chi connectivity index (χ4v) is 8.01. The third-order valence-corrected chi connectivity index (χ3v) is 9.76. The van der Waals surface area contributed by atoms with Gasteiger partial charge in [0.1, 0.15) is 4.83 Å². The van der Waals surface area contributed by atoms with Gasteiger partial charge < -0.3 is 0 Å². The highest BCUT2D eigenvalue weighted by molar-refractivity contribution is 7.26. The Balaban J connectivity index is 1.41. The lowest BCUT2D eigenvalue weighted by Gasteiger charge is -2.11. The lowest BCUT2D eigenvalue weighted by molar-refractivity contribution is 1.02. The van der Waals surface area contributed by atoms with Gasteiger partial charge in [0.05, 0.1) is 16.7 Å². The van der Waals surface area contributed by atoms with Crippen LogP contribution in [-0.4, -0.2) is 14.5 Å². The average Bonchev–Trinajstić information content (AvgIpc) is 3.70. The normalized spacial score (nSPS) is 12.1. The second-order valence-corrected chi connectivity index (χ2v) is 11.8. The predicted octanol–water partition coefficient (Wildman–Crippen LogP) is 9.98. The van der Waals surface area contributed by atoms with Crippen LogP contribution in [0, 0.1) is 0 Å². The van der Waals surface area contributed by atoms with Crippen LogP contribution in [0.15, 0.2) is 115 Å². The van der Waals surface area contributed by atoms with E-state index in [1.807, 2.05) is 11.3 Å². The van der Waals surface area contributed by atoms with Crippen molar-refractivity contribution in [3.63, 3.8) is 0 Å². The summed E-state index contributed by atoms with van der Waals surface area (Å²) in [4.78, 5) is 11.5. The van der Waals surface area contributed by atoms with Gasteiger partial charge in [0.15, 0.2) is 0 Å². The van der Waals surface area contributed by atoms with Crippen molar-refractivity contribution in [2.45, 2.75) is 0 Å². The molecule has 0 radical (unpaired) electrons. The van der Waals surface area contributed by atoms with Crippen LogP contribution in [0.5, 0.6) is 0 Å². The minimum absolute atomic E-state index is 0.708. The van der Waals surface area contributed by atoms with Gasteiger partial charge in [0, 0.05) is 41.9 Å². The molecule has 5 heteroatoms. The third-order valence-electron chi connectivity index (χ3n) is 7.73. The molecule has 0 saturated carbocycles. The fourth-order valence-electron chi connectivity index (χ4n) is 6.04. The number of rotatable bonds is 2. The summed E-state index contributed by atoms with van der Waals surface area (Å²) in [5.41, 5.74) is 4.38. The van der Waals surface area contributed by atoms with E-state index in [1.54, 1.807) is 11.3 Å². The molecule has 182 valence electrons. The molecule has 5 aromatic carbocycles. The van der Waals surface area contributed by atoms with Gasteiger partial charge in [0.2, 0.25) is 5.95 Å². The molecule has 4 aromatic heterocycles. The maximum atomic E-state index is 5.35. The number of para-hydroxylation sites is 1. The maximum absolute atomic E-state index is 5.35. The van der Waals surface area contributed by atoms with E-state index in [-0.39, 0.29) is 0 Å². The monoisotopic (exact) mass is 533 g/mol. The van der Waals surface area contributed by atoms with Gasteiger partial charge >= 0.3 is 0 Å². The molecule has 0 aliphatic heterocycles. The zero-order valence-electron chi connectivity index (χ0n) is 20.6. The Labute approximate surface area is 231 Å². The second-order valence-electron chi connectivity index (χ2n) is 9.83. The number of aromatic nitrogens is 3. The van der Waals surface area contributed by atoms with Crippen molar-refractivity contribution >= 4 is 85.6 Å². The summed E-state index contributed by atoms with van der Waals surface area (Å²) in [6.45, 7) is 0. The molecule has 0 unspecified atom stereocenters. The number of fused-ring (bicyclic) bond motifs is 9. The van der Waals surface area contributed by atoms with Crippen molar-refractivity contribution in [3.05, 3.63) is 115 Å². The summed E-state index contributed by atoms with van der Waals surface area (Å²) < 4.78 is 4.80. The quantitative estimate of drug-likeness (QED) is 0.221. The van der Waals surface area contributed by atoms with Gasteiger partial charge in [-0.1, -0.05) is 84.9 Å². The Morgan fingerprint density at radius 2 is 1.36 bits per heavy atom. The molecule has 4 heterocycles. The molecule has 39 heavy (non-hydrogen) atoms. The van der Waals surface area contributed by atoms with Gasteiger partial charge in [-0.15, -0.1) is 22.7 Å². The highest BCUT2D eigenvalue weighted by Crippen LogP contribution is 2.42. The smallest absolute Gasteiger partial charge is 0.236 e. The number of hydrogen-bond donors (Lipinski definition) is 0. The summed E-state index contributed by atoms with van der Waals surface area (Å²) in [6, 6.07) is 39.0. The minimum Gasteiger partial charge on any atom is -0.278 e. The third kappa shape index (κ3) is 2.97. The molecule has 0 atom stereocenters. The van der Waals surface area contributed by atoms with Crippen molar-refractivity contribution in [2.75, 3.05) is 0 Å². The molecule has 0 saturated heterocycles. The van der Waals surface area contributed by atoms with Crippen molar-refractivity contribution in [1.82, 2.24) is 14.5 Å². The molecule has 9 rings (SSSR count). The topological polar surface area (TPSA) is 30.7 Å². The van der Waals surface area contributed by atoms with Crippen LogP contribution in [0.2, 0.25) is 0 Å². The van der Waals surface area contributed by atoms with Crippen LogP contribution in [0.25, 0.3) is 80.2 Å². The molecule has 0 fully saturated rings. The zero-order chi connectivity index (χ0) is 25.5. The molecule has 3 nitrogen and oxygen atoms in total. The number of thiophene rings is 2. The van der Waals surface area contributed by atoms with E-state index in [9.17, 15) is 0 Å². The predicted molar refractivity (Wildman–Crippen MR) is 168 cm³/mol. The summed E-state index contributed by atoms with van der Waals surface area (Å²) >= 11 is 3.51. The van der Waals surface area contributed by atoms with Crippen molar-refractivity contribution in [1.29, 1.82) is 0 Å². The highest BCUT2D eigenvalue weighted by Gasteiger charge is 2.20. The lowest BCUT2D eigenvalue weighted by Crippen LogP contribution is -2.02. The highest BCUT2D eigenvalue weighted by atomic mass is 32.1. The summed E-state index contributed by atoms with van der Waals surface area (Å²) in [7, 11) is 0. The van der Waals surface area contributed by atoms with Gasteiger partial charge in [-0.2, -0.15) is 0 Å². The van der Waals surface area contributed by atoms with E-state index in [4.69, 9.17) is 9.97 Å². The molecule has 0 bridgehead atoms. The fraction of sp³-hybridized carbons (Fsp3) is 0. The molecule has 0 aliphatic carbocycles. The Hall–Kier alpha value is -4.58. The zero-order valence-corrected chi connectivity index (χ0v) is 22.3. The molecule has 0 amide bonds. The van der Waals surface area contributed by atoms with E-state index >= 15 is 0 Å². The van der Waals surface area contributed by atoms with Gasteiger partial charge in [-0.05, 0) is 40.4 Å². The van der Waals surface area contributed by atoms with E-state index in [1.165, 1.54) is 41.7 Å². The van der Waals surface area contributed by atoms with E-state index in [2.05, 4.69) is 119 Å². The van der Waals surface area contributed by atoms with E-state index in [0.717, 1.165) is 32.5 Å². The first kappa shape index (κ1) is 21.4. The van der Waals surface area contributed by atoms with Crippen LogP contribution in [0.1, 0.15) is 0 Å². The van der Waals surface area contributed by atoms with Crippen molar-refractivity contribution < 1.29 is 0 Å². The first-order valence-electron chi connectivity index (χ1n) is 12.9. The molecule has 0 spiro atoms. The van der Waals surface area contributed by atoms with E-state index in [0.29, 0.717) is 5.95 Å². The minimum atomic E-state index is 0.708. The summed E-state index contributed by atoms with van der Waals surface area (Å²) in [5.74, 6) is 0.708. The first-order chi connectivity index (χ1) is 19.3. The van der Waals surface area contributed by atoms with Gasteiger partial charge in [-0.3, -0.25) is 4.57 Å². The first-order valence-corrected chi connectivity index (χ1v) is 14.6.